The number of nitrogens with one attached hydrogen (secondary N) is 2. The fraction of sp³-hybridized carbons (Fsp3) is 0.304. The van der Waals surface area contributed by atoms with Crippen LogP contribution < -0.4 is 16.4 Å². The third-order valence-electron chi connectivity index (χ3n) is 5.72. The summed E-state index contributed by atoms with van der Waals surface area (Å²) in [5.41, 5.74) is -3.24. The summed E-state index contributed by atoms with van der Waals surface area (Å²) in [6.07, 6.45) is 1.28. The fourth-order valence-electron chi connectivity index (χ4n) is 3.86. The molecule has 0 aliphatic heterocycles. The van der Waals surface area contributed by atoms with Crippen molar-refractivity contribution in [2.24, 2.45) is 0 Å². The highest BCUT2D eigenvalue weighted by atomic mass is 35.5. The number of hydrogen-bond donors (Lipinski definition) is 2. The number of hydrogen-bond acceptors (Lipinski definition) is 7. The largest absolute Gasteiger partial charge is 0.423 e. The molecule has 194 valence electrons. The molecule has 0 bridgehead atoms. The Morgan fingerprint density at radius 2 is 1.86 bits per heavy atom. The number of nitrogens with zero attached hydrogens (tertiary/aromatic N) is 5. The van der Waals surface area contributed by atoms with Crippen LogP contribution in [-0.2, 0) is 12.7 Å². The van der Waals surface area contributed by atoms with Crippen LogP contribution in [0.25, 0.3) is 22.3 Å². The molecule has 0 radical (unpaired) electrons. The summed E-state index contributed by atoms with van der Waals surface area (Å²) < 4.78 is 56.0. The first-order valence-corrected chi connectivity index (χ1v) is 11.5. The molecule has 1 aromatic carbocycles. The predicted octanol–water partition coefficient (Wildman–Crippen LogP) is 4.42. The predicted molar refractivity (Wildman–Crippen MR) is 129 cm³/mol. The van der Waals surface area contributed by atoms with Crippen molar-refractivity contribution in [1.29, 1.82) is 0 Å². The van der Waals surface area contributed by atoms with Gasteiger partial charge < -0.3 is 5.32 Å². The van der Waals surface area contributed by atoms with Crippen LogP contribution in [-0.4, -0.2) is 35.8 Å². The van der Waals surface area contributed by atoms with E-state index in [1.807, 2.05) is 0 Å². The second kappa shape index (κ2) is 10.6. The number of halogens is 5. The summed E-state index contributed by atoms with van der Waals surface area (Å²) in [6, 6.07) is 2.03. The number of benzene rings is 1. The van der Waals surface area contributed by atoms with E-state index in [2.05, 4.69) is 25.4 Å². The topological polar surface area (TPSA) is 118 Å². The van der Waals surface area contributed by atoms with Gasteiger partial charge in [0, 0.05) is 25.0 Å². The lowest BCUT2D eigenvalue weighted by Crippen LogP contribution is -2.28. The molecular formula is C23H20ClF4N7O2. The molecule has 0 spiro atoms. The summed E-state index contributed by atoms with van der Waals surface area (Å²) in [5, 5.41) is 8.33. The molecular weight excluding hydrogens is 518 g/mol. The van der Waals surface area contributed by atoms with Gasteiger partial charge in [-0.05, 0) is 31.4 Å². The molecule has 0 unspecified atom stereocenters. The smallest absolute Gasteiger partial charge is 0.380 e. The van der Waals surface area contributed by atoms with Gasteiger partial charge in [0.2, 0.25) is 0 Å². The molecule has 4 aromatic rings. The average Bonchev–Trinajstić information content (AvgIpc) is 2.84. The Balaban J connectivity index is 1.49. The molecule has 0 fully saturated rings. The normalized spacial score (nSPS) is 12.6. The first kappa shape index (κ1) is 26.2. The quantitative estimate of drug-likeness (QED) is 0.319. The van der Waals surface area contributed by atoms with Crippen molar-refractivity contribution in [3.8, 4) is 11.4 Å². The van der Waals surface area contributed by atoms with E-state index in [-0.39, 0.29) is 28.8 Å². The van der Waals surface area contributed by atoms with Crippen LogP contribution in [0.2, 0.25) is 5.02 Å². The van der Waals surface area contributed by atoms with Gasteiger partial charge in [0.15, 0.2) is 5.82 Å². The molecule has 0 amide bonds. The molecule has 2 N–H and O–H groups in total. The number of H-pyrrole nitrogens is 1. The molecule has 0 saturated heterocycles. The number of aromatic nitrogens is 6. The van der Waals surface area contributed by atoms with Crippen LogP contribution in [0, 0.1) is 5.82 Å². The lowest BCUT2D eigenvalue weighted by Gasteiger charge is -2.20. The maximum absolute atomic E-state index is 14.8. The van der Waals surface area contributed by atoms with Crippen molar-refractivity contribution in [2.75, 3.05) is 5.32 Å². The maximum Gasteiger partial charge on any atom is 0.423 e. The van der Waals surface area contributed by atoms with Gasteiger partial charge in [-0.3, -0.25) is 14.2 Å². The Morgan fingerprint density at radius 3 is 2.54 bits per heavy atom. The van der Waals surface area contributed by atoms with Gasteiger partial charge in [-0.1, -0.05) is 18.5 Å². The minimum Gasteiger partial charge on any atom is -0.380 e. The molecule has 3 aromatic heterocycles. The minimum atomic E-state index is -4.85. The lowest BCUT2D eigenvalue weighted by molar-refractivity contribution is -0.138. The number of aromatic amines is 1. The average molecular weight is 538 g/mol. The van der Waals surface area contributed by atoms with Crippen LogP contribution in [0.1, 0.15) is 31.7 Å². The first-order valence-electron chi connectivity index (χ1n) is 11.2. The van der Waals surface area contributed by atoms with E-state index in [4.69, 9.17) is 11.6 Å². The molecule has 0 aliphatic carbocycles. The molecule has 4 rings (SSSR count). The summed E-state index contributed by atoms with van der Waals surface area (Å²) in [6.45, 7) is 1.98. The Hall–Kier alpha value is -3.87. The van der Waals surface area contributed by atoms with E-state index >= 15 is 0 Å². The Bertz CT molecular complexity index is 1540. The first-order chi connectivity index (χ1) is 17.6. The molecule has 9 nitrogen and oxygen atoms in total. The van der Waals surface area contributed by atoms with Gasteiger partial charge in [-0.2, -0.15) is 18.3 Å². The van der Waals surface area contributed by atoms with Crippen LogP contribution in [0.3, 0.4) is 0 Å². The summed E-state index contributed by atoms with van der Waals surface area (Å²) >= 11 is 5.77. The third-order valence-corrected chi connectivity index (χ3v) is 5.91. The second-order valence-corrected chi connectivity index (χ2v) is 8.63. The summed E-state index contributed by atoms with van der Waals surface area (Å²) in [5.74, 6) is -0.606. The van der Waals surface area contributed by atoms with Crippen LogP contribution in [0.4, 0.5) is 23.2 Å². The second-order valence-electron chi connectivity index (χ2n) is 8.19. The summed E-state index contributed by atoms with van der Waals surface area (Å²) in [4.78, 5) is 36.8. The van der Waals surface area contributed by atoms with E-state index in [1.165, 1.54) is 29.4 Å². The Morgan fingerprint density at radius 1 is 1.14 bits per heavy atom. The number of fused-ring (bicyclic) bond motifs is 1. The van der Waals surface area contributed by atoms with Crippen LogP contribution in [0.15, 0.2) is 46.6 Å². The highest BCUT2D eigenvalue weighted by Crippen LogP contribution is 2.32. The molecule has 1 atom stereocenters. The van der Waals surface area contributed by atoms with Gasteiger partial charge in [0.05, 0.1) is 39.7 Å². The third kappa shape index (κ3) is 5.77. The molecule has 14 heteroatoms. The zero-order chi connectivity index (χ0) is 26.7. The standard InChI is InChI=1S/C23H20ClF4N7O2/c1-2-13(33-18-10-32-34-21(36)19(18)23(26,27)28)4-3-5-35-11-31-17-7-14(16(25)6-15(17)22(35)37)20-29-8-12(24)9-30-20/h6-11,13H,2-5H2,1H3,(H2,33,34,36)/t13-/m0/s1. The van der Waals surface area contributed by atoms with Crippen molar-refractivity contribution in [1.82, 2.24) is 29.7 Å². The highest BCUT2D eigenvalue weighted by Gasteiger charge is 2.37. The molecule has 3 heterocycles. The number of aryl methyl sites for hydroxylation is 1. The monoisotopic (exact) mass is 537 g/mol. The molecule has 37 heavy (non-hydrogen) atoms. The van der Waals surface area contributed by atoms with Crippen molar-refractivity contribution in [3.63, 3.8) is 0 Å². The van der Waals surface area contributed by atoms with E-state index in [0.717, 1.165) is 12.3 Å². The van der Waals surface area contributed by atoms with Gasteiger partial charge >= 0.3 is 6.18 Å². The Kier molecular flexibility index (Phi) is 7.52. The van der Waals surface area contributed by atoms with E-state index in [9.17, 15) is 27.2 Å². The fourth-order valence-corrected chi connectivity index (χ4v) is 3.95. The van der Waals surface area contributed by atoms with E-state index in [0.29, 0.717) is 24.3 Å². The van der Waals surface area contributed by atoms with Crippen LogP contribution >= 0.6 is 11.6 Å². The SMILES string of the molecule is CC[C@@H](CCCn1cnc2cc(-c3ncc(Cl)cn3)c(F)cc2c1=O)Nc1cn[nH]c(=O)c1C(F)(F)F. The maximum atomic E-state index is 14.8. The van der Waals surface area contributed by atoms with Gasteiger partial charge in [0.1, 0.15) is 11.4 Å². The van der Waals surface area contributed by atoms with E-state index < -0.39 is 40.4 Å². The summed E-state index contributed by atoms with van der Waals surface area (Å²) in [7, 11) is 0. The highest BCUT2D eigenvalue weighted by molar-refractivity contribution is 6.30. The van der Waals surface area contributed by atoms with Crippen molar-refractivity contribution in [2.45, 2.75) is 44.9 Å². The van der Waals surface area contributed by atoms with Crippen molar-refractivity contribution < 1.29 is 17.6 Å². The number of anilines is 1. The Labute approximate surface area is 211 Å². The number of rotatable bonds is 8. The molecule has 0 saturated carbocycles. The number of alkyl halides is 3. The lowest BCUT2D eigenvalue weighted by atomic mass is 10.1. The van der Waals surface area contributed by atoms with Crippen molar-refractivity contribution in [3.05, 3.63) is 74.2 Å². The van der Waals surface area contributed by atoms with Crippen LogP contribution in [0.5, 0.6) is 0 Å². The zero-order valence-electron chi connectivity index (χ0n) is 19.3. The van der Waals surface area contributed by atoms with Gasteiger partial charge in [0.25, 0.3) is 11.1 Å². The van der Waals surface area contributed by atoms with Crippen molar-refractivity contribution >= 4 is 28.2 Å². The zero-order valence-corrected chi connectivity index (χ0v) is 20.1. The minimum absolute atomic E-state index is 0.0623. The van der Waals surface area contributed by atoms with Gasteiger partial charge in [-0.25, -0.2) is 24.4 Å². The molecule has 0 aliphatic rings. The van der Waals surface area contributed by atoms with Gasteiger partial charge in [-0.15, -0.1) is 0 Å². The van der Waals surface area contributed by atoms with E-state index in [1.54, 1.807) is 12.0 Å².